The van der Waals surface area contributed by atoms with Crippen LogP contribution in [0.3, 0.4) is 0 Å². The average Bonchev–Trinajstić information content (AvgIpc) is 3.32. The number of sulfone groups is 1. The minimum Gasteiger partial charge on any atom is -0.449 e. The van der Waals surface area contributed by atoms with Gasteiger partial charge in [0.1, 0.15) is 11.8 Å². The molecule has 170 valence electrons. The summed E-state index contributed by atoms with van der Waals surface area (Å²) in [6.07, 6.45) is 1.38. The van der Waals surface area contributed by atoms with E-state index < -0.39 is 33.6 Å². The van der Waals surface area contributed by atoms with E-state index in [9.17, 15) is 22.8 Å². The van der Waals surface area contributed by atoms with E-state index in [1.807, 2.05) is 0 Å². The molecular weight excluding hydrogens is 462 g/mol. The number of carbonyl (C=O) groups excluding carboxylic acids is 3. The summed E-state index contributed by atoms with van der Waals surface area (Å²) in [7, 11) is -4.02. The number of aromatic amines is 1. The van der Waals surface area contributed by atoms with Gasteiger partial charge < -0.3 is 15.0 Å². The van der Waals surface area contributed by atoms with Crippen LogP contribution in [-0.4, -0.2) is 52.1 Å². The Bertz CT molecular complexity index is 1610. The highest BCUT2D eigenvalue weighted by Gasteiger charge is 2.35. The first kappa shape index (κ1) is 21.4. The molecule has 0 saturated carbocycles. The number of anilines is 1. The molecule has 2 aromatic carbocycles. The highest BCUT2D eigenvalue weighted by Crippen LogP contribution is 2.34. The van der Waals surface area contributed by atoms with Crippen LogP contribution in [0.1, 0.15) is 33.2 Å². The lowest BCUT2D eigenvalue weighted by Gasteiger charge is -2.19. The second kappa shape index (κ2) is 7.85. The van der Waals surface area contributed by atoms with Crippen LogP contribution in [-0.2, 0) is 19.4 Å². The number of aromatic nitrogens is 4. The third-order valence-corrected chi connectivity index (χ3v) is 7.14. The van der Waals surface area contributed by atoms with Crippen molar-refractivity contribution in [2.75, 3.05) is 5.32 Å². The summed E-state index contributed by atoms with van der Waals surface area (Å²) in [5.41, 5.74) is 0.674. The predicted octanol–water partition coefficient (Wildman–Crippen LogP) is 1.91. The molecule has 3 heterocycles. The van der Waals surface area contributed by atoms with Crippen molar-refractivity contribution >= 4 is 44.5 Å². The SMILES string of the molecule is CC(OC(=O)c1ccc2c(c1)S(=O)(=O)c1ccccc1C2=O)C(=O)Nc1ncnc2nc[nH]c12. The zero-order valence-electron chi connectivity index (χ0n) is 17.5. The quantitative estimate of drug-likeness (QED) is 0.368. The van der Waals surface area contributed by atoms with Gasteiger partial charge in [-0.15, -0.1) is 0 Å². The molecule has 0 bridgehead atoms. The molecule has 1 atom stereocenters. The fraction of sp³-hybridized carbons (Fsp3) is 0.0909. The van der Waals surface area contributed by atoms with Crippen LogP contribution in [0, 0.1) is 0 Å². The summed E-state index contributed by atoms with van der Waals surface area (Å²) in [6, 6.07) is 9.51. The molecule has 1 aliphatic rings. The molecule has 0 saturated heterocycles. The molecule has 1 amide bonds. The van der Waals surface area contributed by atoms with Crippen LogP contribution < -0.4 is 5.32 Å². The molecule has 2 aromatic heterocycles. The molecule has 2 N–H and O–H groups in total. The number of ketones is 1. The number of benzene rings is 2. The molecule has 0 radical (unpaired) electrons. The number of nitrogens with one attached hydrogen (secondary N) is 2. The standard InChI is InChI=1S/C22H15N5O6S/c1-11(21(29)27-20-17-19(24-9-23-17)25-10-26-20)33-22(30)12-6-7-14-16(8-12)34(31,32)15-5-3-2-4-13(15)18(14)28/h2-11H,1H3,(H2,23,24,25,26,27,29). The van der Waals surface area contributed by atoms with Crippen molar-refractivity contribution in [3.63, 3.8) is 0 Å². The molecule has 0 spiro atoms. The van der Waals surface area contributed by atoms with Gasteiger partial charge in [0.25, 0.3) is 5.91 Å². The smallest absolute Gasteiger partial charge is 0.338 e. The van der Waals surface area contributed by atoms with Gasteiger partial charge in [-0.3, -0.25) is 9.59 Å². The Morgan fingerprint density at radius 1 is 1.03 bits per heavy atom. The lowest BCUT2D eigenvalue weighted by atomic mass is 10.0. The van der Waals surface area contributed by atoms with Crippen molar-refractivity contribution in [3.05, 3.63) is 71.8 Å². The van der Waals surface area contributed by atoms with Crippen molar-refractivity contribution in [2.45, 2.75) is 22.8 Å². The van der Waals surface area contributed by atoms with Crippen LogP contribution >= 0.6 is 0 Å². The number of ether oxygens (including phenoxy) is 1. The summed E-state index contributed by atoms with van der Waals surface area (Å²) in [6.45, 7) is 1.35. The number of H-pyrrole nitrogens is 1. The van der Waals surface area contributed by atoms with E-state index in [1.54, 1.807) is 6.07 Å². The Morgan fingerprint density at radius 3 is 2.62 bits per heavy atom. The number of nitrogens with zero attached hydrogens (tertiary/aromatic N) is 3. The number of hydrogen-bond acceptors (Lipinski definition) is 9. The minimum atomic E-state index is -4.02. The Hall–Kier alpha value is -4.45. The molecule has 11 nitrogen and oxygen atoms in total. The first-order valence-electron chi connectivity index (χ1n) is 9.96. The van der Waals surface area contributed by atoms with E-state index in [0.717, 1.165) is 6.07 Å². The number of hydrogen-bond donors (Lipinski definition) is 2. The minimum absolute atomic E-state index is 0.0339. The lowest BCUT2D eigenvalue weighted by molar-refractivity contribution is -0.123. The molecule has 5 rings (SSSR count). The van der Waals surface area contributed by atoms with Crippen LogP contribution in [0.25, 0.3) is 11.2 Å². The Labute approximate surface area is 192 Å². The van der Waals surface area contributed by atoms with E-state index in [2.05, 4.69) is 25.3 Å². The van der Waals surface area contributed by atoms with Gasteiger partial charge in [0.15, 0.2) is 23.4 Å². The van der Waals surface area contributed by atoms with Crippen molar-refractivity contribution in [1.82, 2.24) is 19.9 Å². The largest absolute Gasteiger partial charge is 0.449 e. The highest BCUT2D eigenvalue weighted by molar-refractivity contribution is 7.91. The van der Waals surface area contributed by atoms with Crippen molar-refractivity contribution in [1.29, 1.82) is 0 Å². The fourth-order valence-corrected chi connectivity index (χ4v) is 5.25. The average molecular weight is 477 g/mol. The van der Waals surface area contributed by atoms with E-state index in [-0.39, 0.29) is 32.3 Å². The highest BCUT2D eigenvalue weighted by atomic mass is 32.2. The Morgan fingerprint density at radius 2 is 1.79 bits per heavy atom. The second-order valence-electron chi connectivity index (χ2n) is 7.40. The molecule has 4 aromatic rings. The number of rotatable bonds is 4. The van der Waals surface area contributed by atoms with E-state index in [4.69, 9.17) is 4.74 Å². The molecule has 34 heavy (non-hydrogen) atoms. The van der Waals surface area contributed by atoms with Gasteiger partial charge in [-0.2, -0.15) is 0 Å². The van der Waals surface area contributed by atoms with E-state index in [1.165, 1.54) is 49.9 Å². The summed E-state index contributed by atoms with van der Waals surface area (Å²) in [5, 5.41) is 2.53. The number of imidazole rings is 1. The topological polar surface area (TPSA) is 161 Å². The molecule has 12 heteroatoms. The van der Waals surface area contributed by atoms with Gasteiger partial charge in [-0.25, -0.2) is 28.2 Å². The maximum absolute atomic E-state index is 13.0. The predicted molar refractivity (Wildman–Crippen MR) is 117 cm³/mol. The summed E-state index contributed by atoms with van der Waals surface area (Å²) in [4.78, 5) is 52.2. The van der Waals surface area contributed by atoms with Gasteiger partial charge in [-0.1, -0.05) is 12.1 Å². The van der Waals surface area contributed by atoms with Crippen LogP contribution in [0.15, 0.2) is 64.9 Å². The third kappa shape index (κ3) is 3.40. The van der Waals surface area contributed by atoms with Crippen molar-refractivity contribution < 1.29 is 27.5 Å². The first-order valence-corrected chi connectivity index (χ1v) is 11.4. The molecular formula is C22H15N5O6S. The van der Waals surface area contributed by atoms with Crippen molar-refractivity contribution in [2.24, 2.45) is 0 Å². The molecule has 0 fully saturated rings. The van der Waals surface area contributed by atoms with Crippen LogP contribution in [0.4, 0.5) is 5.82 Å². The first-order chi connectivity index (χ1) is 16.3. The number of fused-ring (bicyclic) bond motifs is 3. The monoisotopic (exact) mass is 477 g/mol. The normalized spacial score (nSPS) is 14.7. The van der Waals surface area contributed by atoms with Crippen LogP contribution in [0.5, 0.6) is 0 Å². The van der Waals surface area contributed by atoms with Crippen molar-refractivity contribution in [3.8, 4) is 0 Å². The summed E-state index contributed by atoms with van der Waals surface area (Å²) in [5.74, 6) is -1.89. The van der Waals surface area contributed by atoms with E-state index >= 15 is 0 Å². The van der Waals surface area contributed by atoms with Gasteiger partial charge in [0.05, 0.1) is 21.7 Å². The fourth-order valence-electron chi connectivity index (χ4n) is 3.57. The van der Waals surface area contributed by atoms with Gasteiger partial charge in [0.2, 0.25) is 9.84 Å². The Balaban J connectivity index is 1.37. The maximum Gasteiger partial charge on any atom is 0.338 e. The van der Waals surface area contributed by atoms with Gasteiger partial charge >= 0.3 is 5.97 Å². The number of esters is 1. The number of amides is 1. The maximum atomic E-state index is 13.0. The van der Waals surface area contributed by atoms with Gasteiger partial charge in [-0.05, 0) is 37.3 Å². The molecule has 1 aliphatic heterocycles. The van der Waals surface area contributed by atoms with Gasteiger partial charge in [0, 0.05) is 11.1 Å². The second-order valence-corrected chi connectivity index (χ2v) is 9.29. The molecule has 0 aliphatic carbocycles. The zero-order chi connectivity index (χ0) is 24.0. The third-order valence-electron chi connectivity index (χ3n) is 5.29. The Kier molecular flexibility index (Phi) is 4.94. The summed E-state index contributed by atoms with van der Waals surface area (Å²) < 4.78 is 31.3. The number of carbonyl (C=O) groups is 3. The zero-order valence-corrected chi connectivity index (χ0v) is 18.3. The summed E-state index contributed by atoms with van der Waals surface area (Å²) >= 11 is 0. The van der Waals surface area contributed by atoms with E-state index in [0.29, 0.717) is 11.2 Å². The molecule has 1 unspecified atom stereocenters. The van der Waals surface area contributed by atoms with Crippen LogP contribution in [0.2, 0.25) is 0 Å². The lowest BCUT2D eigenvalue weighted by Crippen LogP contribution is -2.30.